The van der Waals surface area contributed by atoms with Gasteiger partial charge in [0.25, 0.3) is 0 Å². The van der Waals surface area contributed by atoms with Gasteiger partial charge in [0.05, 0.1) is 46.5 Å². The van der Waals surface area contributed by atoms with E-state index in [0.29, 0.717) is 12.8 Å². The number of aliphatic hydroxyl groups is 2. The molecule has 2 N–H and O–H groups in total. The van der Waals surface area contributed by atoms with Crippen molar-refractivity contribution in [2.75, 3.05) is 0 Å². The minimum atomic E-state index is -1.22. The minimum absolute atomic E-state index is 0.0402. The third kappa shape index (κ3) is 6.79. The molecule has 7 atom stereocenters. The molecule has 0 radical (unpaired) electrons. The first-order valence-electron chi connectivity index (χ1n) is 12.8. The Morgan fingerprint density at radius 3 is 2.60 bits per heavy atom. The number of thiazole rings is 1. The quantitative estimate of drug-likeness (QED) is 0.459. The molecule has 2 fully saturated rings. The average molecular weight is 508 g/mol. The Morgan fingerprint density at radius 2 is 1.97 bits per heavy atom. The van der Waals surface area contributed by atoms with Gasteiger partial charge < -0.3 is 19.7 Å². The smallest absolute Gasteiger partial charge is 0.309 e. The van der Waals surface area contributed by atoms with Gasteiger partial charge in [0, 0.05) is 17.7 Å². The molecule has 196 valence electrons. The number of carbonyl (C=O) groups excluding carboxylic acids is 2. The summed E-state index contributed by atoms with van der Waals surface area (Å²) in [6, 6.07) is 0. The Kier molecular flexibility index (Phi) is 8.95. The highest BCUT2D eigenvalue weighted by atomic mass is 32.1. The predicted octanol–water partition coefficient (Wildman–Crippen LogP) is 4.48. The highest BCUT2D eigenvalue weighted by molar-refractivity contribution is 7.09. The zero-order valence-corrected chi connectivity index (χ0v) is 22.6. The number of Topliss-reactive ketones (excluding diaryl/α,β-unsaturated/α-hetero) is 1. The third-order valence-corrected chi connectivity index (χ3v) is 8.61. The van der Waals surface area contributed by atoms with E-state index in [9.17, 15) is 19.8 Å². The van der Waals surface area contributed by atoms with E-state index >= 15 is 0 Å². The van der Waals surface area contributed by atoms with Gasteiger partial charge in [-0.15, -0.1) is 11.3 Å². The molecule has 7 nitrogen and oxygen atoms in total. The number of ether oxygens (including phenoxy) is 2. The summed E-state index contributed by atoms with van der Waals surface area (Å²) in [5.74, 6) is -1.46. The number of aryl methyl sites for hydroxylation is 1. The van der Waals surface area contributed by atoms with E-state index in [4.69, 9.17) is 9.47 Å². The van der Waals surface area contributed by atoms with Crippen LogP contribution in [-0.4, -0.2) is 57.0 Å². The van der Waals surface area contributed by atoms with Crippen LogP contribution in [0.4, 0.5) is 0 Å². The second-order valence-corrected chi connectivity index (χ2v) is 12.1. The molecule has 1 aromatic rings. The monoisotopic (exact) mass is 507 g/mol. The third-order valence-electron chi connectivity index (χ3n) is 7.82. The summed E-state index contributed by atoms with van der Waals surface area (Å²) in [6.45, 7) is 11.1. The van der Waals surface area contributed by atoms with E-state index in [1.807, 2.05) is 38.3 Å². The summed E-state index contributed by atoms with van der Waals surface area (Å²) < 4.78 is 11.8. The summed E-state index contributed by atoms with van der Waals surface area (Å²) in [4.78, 5) is 30.7. The first-order valence-corrected chi connectivity index (χ1v) is 13.6. The Morgan fingerprint density at radius 1 is 1.26 bits per heavy atom. The Bertz CT molecular complexity index is 927. The van der Waals surface area contributed by atoms with Crippen LogP contribution in [0.25, 0.3) is 6.08 Å². The van der Waals surface area contributed by atoms with Crippen LogP contribution in [-0.2, 0) is 19.1 Å². The fourth-order valence-corrected chi connectivity index (χ4v) is 5.62. The Balaban J connectivity index is 1.83. The number of fused-ring (bicyclic) bond motifs is 1. The normalized spacial score (nSPS) is 37.1. The topological polar surface area (TPSA) is 109 Å². The van der Waals surface area contributed by atoms with Gasteiger partial charge >= 0.3 is 5.97 Å². The molecule has 35 heavy (non-hydrogen) atoms. The molecular weight excluding hydrogens is 466 g/mol. The molecule has 0 bridgehead atoms. The maximum atomic E-state index is 13.4. The standard InChI is InChI=1S/C27H41NO6S/c1-7-20-24(31)16(2)9-8-12-27(6)22(34-27)13-19(11-10-18-15-35-17(3)28-18)33-23(30)14-21(29)26(4,5)25(20)32/h10-11,15-16,19-22,24,29,31H,7-9,12-14H2,1-6H3/b11-10+/t16-,19-,20-,21-,22?,24+,27+/m0/s1. The number of ketones is 1. The number of hydrogen-bond acceptors (Lipinski definition) is 8. The number of epoxide rings is 1. The van der Waals surface area contributed by atoms with Gasteiger partial charge in [-0.25, -0.2) is 4.98 Å². The summed E-state index contributed by atoms with van der Waals surface area (Å²) in [5.41, 5.74) is -0.682. The molecule has 0 amide bonds. The van der Waals surface area contributed by atoms with Crippen LogP contribution in [0, 0.1) is 24.2 Å². The summed E-state index contributed by atoms with van der Waals surface area (Å²) in [7, 11) is 0. The van der Waals surface area contributed by atoms with Gasteiger partial charge in [0.15, 0.2) is 0 Å². The van der Waals surface area contributed by atoms with Gasteiger partial charge in [-0.1, -0.05) is 34.1 Å². The van der Waals surface area contributed by atoms with Crippen LogP contribution in [0.1, 0.15) is 83.8 Å². The number of aromatic nitrogens is 1. The maximum Gasteiger partial charge on any atom is 0.309 e. The second-order valence-electron chi connectivity index (χ2n) is 11.0. The average Bonchev–Trinajstić information content (AvgIpc) is 3.21. The van der Waals surface area contributed by atoms with E-state index in [1.54, 1.807) is 25.2 Å². The number of cyclic esters (lactones) is 1. The molecule has 3 rings (SSSR count). The molecule has 3 heterocycles. The number of carbonyl (C=O) groups is 2. The van der Waals surface area contributed by atoms with Crippen LogP contribution in [0.3, 0.4) is 0 Å². The van der Waals surface area contributed by atoms with E-state index in [0.717, 1.165) is 30.0 Å². The molecule has 0 saturated carbocycles. The lowest BCUT2D eigenvalue weighted by Gasteiger charge is -2.35. The van der Waals surface area contributed by atoms with Crippen molar-refractivity contribution in [3.8, 4) is 0 Å². The zero-order chi connectivity index (χ0) is 26.0. The molecule has 2 aliphatic rings. The van der Waals surface area contributed by atoms with E-state index in [2.05, 4.69) is 11.9 Å². The first kappa shape index (κ1) is 28.0. The molecule has 0 aliphatic carbocycles. The van der Waals surface area contributed by atoms with Crippen molar-refractivity contribution in [1.82, 2.24) is 4.98 Å². The minimum Gasteiger partial charge on any atom is -0.458 e. The fourth-order valence-electron chi connectivity index (χ4n) is 5.04. The highest BCUT2D eigenvalue weighted by Gasteiger charge is 2.52. The van der Waals surface area contributed by atoms with Crippen molar-refractivity contribution in [2.45, 2.75) is 110 Å². The summed E-state index contributed by atoms with van der Waals surface area (Å²) in [6.07, 6.45) is 4.23. The number of hydrogen-bond donors (Lipinski definition) is 2. The Hall–Kier alpha value is -1.61. The fraction of sp³-hybridized carbons (Fsp3) is 0.741. The molecule has 8 heteroatoms. The largest absolute Gasteiger partial charge is 0.458 e. The Labute approximate surface area is 212 Å². The lowest BCUT2D eigenvalue weighted by atomic mass is 9.71. The van der Waals surface area contributed by atoms with Crippen LogP contribution in [0.15, 0.2) is 11.5 Å². The van der Waals surface area contributed by atoms with Crippen molar-refractivity contribution >= 4 is 29.2 Å². The zero-order valence-electron chi connectivity index (χ0n) is 21.8. The van der Waals surface area contributed by atoms with Crippen molar-refractivity contribution in [3.63, 3.8) is 0 Å². The molecule has 2 saturated heterocycles. The molecule has 0 spiro atoms. The lowest BCUT2D eigenvalue weighted by molar-refractivity contribution is -0.154. The first-order chi connectivity index (χ1) is 16.4. The van der Waals surface area contributed by atoms with Gasteiger partial charge in [-0.05, 0) is 51.2 Å². The molecular formula is C27H41NO6S. The van der Waals surface area contributed by atoms with Gasteiger partial charge in [0.1, 0.15) is 11.9 Å². The van der Waals surface area contributed by atoms with Crippen molar-refractivity contribution < 1.29 is 29.3 Å². The number of esters is 1. The van der Waals surface area contributed by atoms with Gasteiger partial charge in [-0.2, -0.15) is 0 Å². The van der Waals surface area contributed by atoms with Crippen molar-refractivity contribution in [2.24, 2.45) is 17.3 Å². The van der Waals surface area contributed by atoms with Crippen molar-refractivity contribution in [1.29, 1.82) is 0 Å². The molecule has 1 unspecified atom stereocenters. The van der Waals surface area contributed by atoms with Crippen LogP contribution >= 0.6 is 11.3 Å². The van der Waals surface area contributed by atoms with Gasteiger partial charge in [-0.3, -0.25) is 9.59 Å². The van der Waals surface area contributed by atoms with E-state index < -0.39 is 35.6 Å². The van der Waals surface area contributed by atoms with Crippen molar-refractivity contribution in [3.05, 3.63) is 22.2 Å². The van der Waals surface area contributed by atoms with Gasteiger partial charge in [0.2, 0.25) is 0 Å². The number of aliphatic hydroxyl groups excluding tert-OH is 2. The number of rotatable bonds is 3. The van der Waals surface area contributed by atoms with Crippen LogP contribution in [0.2, 0.25) is 0 Å². The lowest BCUT2D eigenvalue weighted by Crippen LogP contribution is -2.46. The SMILES string of the molecule is CC[C@@H]1C(=O)C(C)(C)[C@@H](O)CC(=O)O[C@@H](/C=C/c2csc(C)n2)CC2O[C@]2(C)CCC[C@H](C)[C@H]1O. The van der Waals surface area contributed by atoms with Crippen LogP contribution in [0.5, 0.6) is 0 Å². The second kappa shape index (κ2) is 11.2. The predicted molar refractivity (Wildman–Crippen MR) is 136 cm³/mol. The summed E-state index contributed by atoms with van der Waals surface area (Å²) in [5, 5.41) is 24.8. The molecule has 1 aromatic heterocycles. The van der Waals surface area contributed by atoms with Crippen LogP contribution < -0.4 is 0 Å². The molecule has 2 aliphatic heterocycles. The molecule has 0 aromatic carbocycles. The van der Waals surface area contributed by atoms with E-state index in [1.165, 1.54) is 0 Å². The maximum absolute atomic E-state index is 13.4. The van der Waals surface area contributed by atoms with E-state index in [-0.39, 0.29) is 29.8 Å². The summed E-state index contributed by atoms with van der Waals surface area (Å²) >= 11 is 1.55. The number of nitrogens with zero attached hydrogens (tertiary/aromatic N) is 1. The highest BCUT2D eigenvalue weighted by Crippen LogP contribution is 2.44.